The molecule has 0 aliphatic carbocycles. The molecule has 9 heteroatoms. The predicted octanol–water partition coefficient (Wildman–Crippen LogP) is 4.78. The van der Waals surface area contributed by atoms with Crippen molar-refractivity contribution in [1.29, 1.82) is 0 Å². The van der Waals surface area contributed by atoms with Crippen LogP contribution in [0.5, 0.6) is 5.88 Å². The molecule has 1 amide bonds. The molecule has 31 heavy (non-hydrogen) atoms. The van der Waals surface area contributed by atoms with Crippen molar-refractivity contribution in [3.63, 3.8) is 0 Å². The normalized spacial score (nSPS) is 13.5. The number of hydrogen-bond acceptors (Lipinski definition) is 6. The van der Waals surface area contributed by atoms with E-state index in [9.17, 15) is 14.7 Å². The zero-order chi connectivity index (χ0) is 22.2. The highest BCUT2D eigenvalue weighted by Gasteiger charge is 2.15. The van der Waals surface area contributed by atoms with Gasteiger partial charge in [0.05, 0.1) is 10.6 Å². The van der Waals surface area contributed by atoms with E-state index in [1.165, 1.54) is 11.3 Å². The highest BCUT2D eigenvalue weighted by atomic mass is 32.1. The molecule has 1 aliphatic rings. The minimum absolute atomic E-state index is 0.0550. The van der Waals surface area contributed by atoms with Gasteiger partial charge in [-0.1, -0.05) is 24.6 Å². The van der Waals surface area contributed by atoms with Gasteiger partial charge in [-0.2, -0.15) is 0 Å². The van der Waals surface area contributed by atoms with E-state index in [1.807, 2.05) is 30.3 Å². The standard InChI is InChI=1S/C22H25N3O4S2/c26-19(23-11-5-1-2-10-20(27)28)9-6-12-25-21(29)18(31-22(25)30)13-15-14-24-17-8-4-3-7-16(15)17/h3-4,7-8,13-14,29H,1-2,5-6,9-12H2,(H,23,26)(H,27,28)/b15-13+. The lowest BCUT2D eigenvalue weighted by Gasteiger charge is -2.07. The van der Waals surface area contributed by atoms with E-state index in [0.717, 1.165) is 29.7 Å². The number of carbonyl (C=O) groups is 2. The summed E-state index contributed by atoms with van der Waals surface area (Å²) in [4.78, 5) is 27.5. The van der Waals surface area contributed by atoms with Crippen LogP contribution in [0.3, 0.4) is 0 Å². The predicted molar refractivity (Wildman–Crippen MR) is 126 cm³/mol. The van der Waals surface area contributed by atoms with Gasteiger partial charge in [0.15, 0.2) is 3.95 Å². The summed E-state index contributed by atoms with van der Waals surface area (Å²) in [6.45, 7) is 1.00. The molecule has 2 aromatic rings. The molecule has 0 bridgehead atoms. The maximum absolute atomic E-state index is 12.0. The number of unbranched alkanes of at least 4 members (excludes halogenated alkanes) is 2. The van der Waals surface area contributed by atoms with E-state index < -0.39 is 5.97 Å². The maximum Gasteiger partial charge on any atom is 0.303 e. The Hall–Kier alpha value is -2.78. The molecule has 164 valence electrons. The SMILES string of the molecule is O=C(O)CCCCCNC(=O)CCCn1c(O)c(/C=C2\C=Nc3ccccc32)sc1=S. The van der Waals surface area contributed by atoms with Gasteiger partial charge in [0.1, 0.15) is 0 Å². The Morgan fingerprint density at radius 3 is 2.77 bits per heavy atom. The van der Waals surface area contributed by atoms with Crippen LogP contribution in [0.25, 0.3) is 11.6 Å². The summed E-state index contributed by atoms with van der Waals surface area (Å²) >= 11 is 6.74. The van der Waals surface area contributed by atoms with Crippen molar-refractivity contribution in [2.45, 2.75) is 45.1 Å². The van der Waals surface area contributed by atoms with Crippen LogP contribution in [-0.4, -0.2) is 39.4 Å². The first-order valence-corrected chi connectivity index (χ1v) is 11.4. The fourth-order valence-corrected chi connectivity index (χ4v) is 4.60. The van der Waals surface area contributed by atoms with Gasteiger partial charge in [0, 0.05) is 43.3 Å². The van der Waals surface area contributed by atoms with Crippen LogP contribution in [0.2, 0.25) is 0 Å². The van der Waals surface area contributed by atoms with Crippen molar-refractivity contribution in [2.75, 3.05) is 6.54 Å². The molecular formula is C22H25N3O4S2. The number of thiazole rings is 1. The number of carboxylic acids is 1. The molecule has 1 aliphatic heterocycles. The van der Waals surface area contributed by atoms with E-state index in [2.05, 4.69) is 10.3 Å². The number of aliphatic carboxylic acids is 1. The molecule has 0 saturated heterocycles. The summed E-state index contributed by atoms with van der Waals surface area (Å²) < 4.78 is 2.22. The molecule has 2 heterocycles. The molecule has 1 aromatic heterocycles. The zero-order valence-electron chi connectivity index (χ0n) is 17.0. The molecule has 3 rings (SSSR count). The first-order valence-electron chi connectivity index (χ1n) is 10.2. The average Bonchev–Trinajstić information content (AvgIpc) is 3.26. The van der Waals surface area contributed by atoms with Gasteiger partial charge < -0.3 is 15.5 Å². The summed E-state index contributed by atoms with van der Waals surface area (Å²) in [5, 5.41) is 22.1. The summed E-state index contributed by atoms with van der Waals surface area (Å²) in [5.74, 6) is -0.737. The first kappa shape index (κ1) is 22.9. The lowest BCUT2D eigenvalue weighted by molar-refractivity contribution is -0.137. The second-order valence-electron chi connectivity index (χ2n) is 7.24. The molecule has 3 N–H and O–H groups in total. The number of allylic oxidation sites excluding steroid dienone is 1. The van der Waals surface area contributed by atoms with Crippen molar-refractivity contribution in [1.82, 2.24) is 9.88 Å². The Morgan fingerprint density at radius 2 is 1.97 bits per heavy atom. The Bertz CT molecular complexity index is 1070. The van der Waals surface area contributed by atoms with Crippen LogP contribution < -0.4 is 5.32 Å². The largest absolute Gasteiger partial charge is 0.493 e. The maximum atomic E-state index is 12.0. The van der Waals surface area contributed by atoms with Crippen LogP contribution >= 0.6 is 23.6 Å². The van der Waals surface area contributed by atoms with E-state index in [0.29, 0.717) is 41.2 Å². The smallest absolute Gasteiger partial charge is 0.303 e. The van der Waals surface area contributed by atoms with Crippen molar-refractivity contribution >= 4 is 59.0 Å². The topological polar surface area (TPSA) is 104 Å². The number of aromatic nitrogens is 1. The Balaban J connectivity index is 1.48. The second kappa shape index (κ2) is 11.0. The minimum Gasteiger partial charge on any atom is -0.493 e. The van der Waals surface area contributed by atoms with Gasteiger partial charge in [-0.3, -0.25) is 19.1 Å². The number of aromatic hydroxyl groups is 1. The molecule has 0 radical (unpaired) electrons. The molecule has 1 aromatic carbocycles. The van der Waals surface area contributed by atoms with Gasteiger partial charge >= 0.3 is 5.97 Å². The van der Waals surface area contributed by atoms with Gasteiger partial charge in [0.2, 0.25) is 11.8 Å². The van der Waals surface area contributed by atoms with E-state index in [4.69, 9.17) is 17.3 Å². The number of para-hydroxylation sites is 1. The summed E-state index contributed by atoms with van der Waals surface area (Å²) in [5.41, 5.74) is 2.86. The molecular weight excluding hydrogens is 434 g/mol. The lowest BCUT2D eigenvalue weighted by atomic mass is 10.1. The summed E-state index contributed by atoms with van der Waals surface area (Å²) in [7, 11) is 0. The summed E-state index contributed by atoms with van der Waals surface area (Å²) in [6.07, 6.45) is 6.89. The number of carbonyl (C=O) groups excluding carboxylic acids is 1. The first-order chi connectivity index (χ1) is 15.0. The highest BCUT2D eigenvalue weighted by molar-refractivity contribution is 7.73. The van der Waals surface area contributed by atoms with E-state index >= 15 is 0 Å². The number of fused-ring (bicyclic) bond motifs is 1. The molecule has 0 spiro atoms. The van der Waals surface area contributed by atoms with Crippen LogP contribution in [0.15, 0.2) is 29.3 Å². The molecule has 0 fully saturated rings. The molecule has 0 unspecified atom stereocenters. The molecule has 7 nitrogen and oxygen atoms in total. The van der Waals surface area contributed by atoms with Crippen LogP contribution in [0.1, 0.15) is 49.0 Å². The third-order valence-corrected chi connectivity index (χ3v) is 6.30. The second-order valence-corrected chi connectivity index (χ2v) is 8.92. The molecule has 0 saturated carbocycles. The Labute approximate surface area is 189 Å². The van der Waals surface area contributed by atoms with Crippen molar-refractivity contribution < 1.29 is 19.8 Å². The van der Waals surface area contributed by atoms with Crippen molar-refractivity contribution in [3.8, 4) is 5.88 Å². The lowest BCUT2D eigenvalue weighted by Crippen LogP contribution is -2.24. The number of carboxylic acid groups (broad SMARTS) is 1. The van der Waals surface area contributed by atoms with Crippen molar-refractivity contribution in [2.24, 2.45) is 4.99 Å². The number of amides is 1. The number of hydrogen-bond donors (Lipinski definition) is 3. The van der Waals surface area contributed by atoms with Crippen LogP contribution in [0, 0.1) is 3.95 Å². The van der Waals surface area contributed by atoms with Gasteiger partial charge in [0.25, 0.3) is 0 Å². The number of rotatable bonds is 11. The van der Waals surface area contributed by atoms with Crippen LogP contribution in [-0.2, 0) is 16.1 Å². The third kappa shape index (κ3) is 6.35. The number of nitrogens with one attached hydrogen (secondary N) is 1. The van der Waals surface area contributed by atoms with Gasteiger partial charge in [-0.25, -0.2) is 0 Å². The fraction of sp³-hybridized carbons (Fsp3) is 0.364. The Kier molecular flexibility index (Phi) is 8.13. The monoisotopic (exact) mass is 459 g/mol. The zero-order valence-corrected chi connectivity index (χ0v) is 18.7. The third-order valence-electron chi connectivity index (χ3n) is 4.91. The summed E-state index contributed by atoms with van der Waals surface area (Å²) in [6, 6.07) is 7.83. The van der Waals surface area contributed by atoms with Gasteiger partial charge in [-0.05, 0) is 43.6 Å². The highest BCUT2D eigenvalue weighted by Crippen LogP contribution is 2.35. The van der Waals surface area contributed by atoms with Crippen molar-refractivity contribution in [3.05, 3.63) is 38.7 Å². The average molecular weight is 460 g/mol. The van der Waals surface area contributed by atoms with Gasteiger partial charge in [-0.15, -0.1) is 11.3 Å². The van der Waals surface area contributed by atoms with E-state index in [-0.39, 0.29) is 18.2 Å². The van der Waals surface area contributed by atoms with Crippen LogP contribution in [0.4, 0.5) is 5.69 Å². The fourth-order valence-electron chi connectivity index (χ4n) is 3.29. The number of aliphatic imine (C=N–C) groups is 1. The number of nitrogens with zero attached hydrogens (tertiary/aromatic N) is 2. The quantitative estimate of drug-likeness (QED) is 0.331. The minimum atomic E-state index is -0.792. The van der Waals surface area contributed by atoms with E-state index in [1.54, 1.807) is 10.8 Å². The molecule has 0 atom stereocenters. The Morgan fingerprint density at radius 1 is 1.16 bits per heavy atom. The number of benzene rings is 1.